The predicted molar refractivity (Wildman–Crippen MR) is 109 cm³/mol. The molecule has 0 bridgehead atoms. The second-order valence-electron chi connectivity index (χ2n) is 6.89. The highest BCUT2D eigenvalue weighted by Crippen LogP contribution is 2.31. The fourth-order valence-corrected chi connectivity index (χ4v) is 4.46. The monoisotopic (exact) mass is 370 g/mol. The fourth-order valence-electron chi connectivity index (χ4n) is 3.65. The lowest BCUT2D eigenvalue weighted by Gasteiger charge is -2.36. The van der Waals surface area contributed by atoms with Gasteiger partial charge in [0.05, 0.1) is 12.3 Å². The van der Waals surface area contributed by atoms with Crippen LogP contribution in [0.4, 0.5) is 5.69 Å². The molecule has 0 spiro atoms. The molecule has 1 aromatic carbocycles. The number of benzene rings is 1. The number of piperazine rings is 1. The molecule has 3 aromatic rings. The molecule has 3 heterocycles. The largest absolute Gasteiger partial charge is 0.478 e. The standard InChI is InChI=1S/C20H26N4OS/c1-16-15-20(22(2)21-16)25-13-4-8-23-9-11-24(12-10-23)18-5-3-6-19-17(18)7-14-26-19/h3,5-7,14-15H,4,8-13H2,1-2H3. The lowest BCUT2D eigenvalue weighted by Crippen LogP contribution is -2.46. The van der Waals surface area contributed by atoms with Crippen LogP contribution in [0.1, 0.15) is 12.1 Å². The zero-order valence-electron chi connectivity index (χ0n) is 15.5. The molecule has 6 heteroatoms. The van der Waals surface area contributed by atoms with E-state index in [2.05, 4.69) is 44.5 Å². The third kappa shape index (κ3) is 3.71. The highest BCUT2D eigenvalue weighted by molar-refractivity contribution is 7.17. The van der Waals surface area contributed by atoms with Crippen LogP contribution in [-0.4, -0.2) is 54.0 Å². The molecule has 1 aliphatic heterocycles. The Labute approximate surface area is 158 Å². The molecule has 2 aromatic heterocycles. The molecule has 138 valence electrons. The highest BCUT2D eigenvalue weighted by Gasteiger charge is 2.18. The Bertz CT molecular complexity index is 864. The van der Waals surface area contributed by atoms with Crippen molar-refractivity contribution >= 4 is 27.1 Å². The van der Waals surface area contributed by atoms with Crippen LogP contribution in [0, 0.1) is 6.92 Å². The van der Waals surface area contributed by atoms with Crippen molar-refractivity contribution in [2.24, 2.45) is 7.05 Å². The summed E-state index contributed by atoms with van der Waals surface area (Å²) >= 11 is 1.82. The van der Waals surface area contributed by atoms with Crippen LogP contribution in [0.5, 0.6) is 5.88 Å². The third-order valence-corrected chi connectivity index (χ3v) is 5.90. The first-order chi connectivity index (χ1) is 12.7. The van der Waals surface area contributed by atoms with Gasteiger partial charge in [0, 0.05) is 61.6 Å². The summed E-state index contributed by atoms with van der Waals surface area (Å²) in [5.41, 5.74) is 2.39. The van der Waals surface area contributed by atoms with Crippen LogP contribution in [0.3, 0.4) is 0 Å². The van der Waals surface area contributed by atoms with Crippen molar-refractivity contribution in [2.45, 2.75) is 13.3 Å². The Morgan fingerprint density at radius 2 is 2.00 bits per heavy atom. The average molecular weight is 371 g/mol. The molecule has 5 nitrogen and oxygen atoms in total. The molecule has 0 amide bonds. The summed E-state index contributed by atoms with van der Waals surface area (Å²) in [5, 5.41) is 7.89. The van der Waals surface area contributed by atoms with Crippen molar-refractivity contribution in [3.05, 3.63) is 41.4 Å². The average Bonchev–Trinajstić information content (AvgIpc) is 3.25. The van der Waals surface area contributed by atoms with E-state index in [0.717, 1.165) is 57.3 Å². The summed E-state index contributed by atoms with van der Waals surface area (Å²) in [6.07, 6.45) is 1.05. The number of ether oxygens (including phenoxy) is 1. The van der Waals surface area contributed by atoms with Crippen LogP contribution in [-0.2, 0) is 7.05 Å². The SMILES string of the molecule is Cc1cc(OCCCN2CCN(c3cccc4sccc34)CC2)n(C)n1. The van der Waals surface area contributed by atoms with E-state index in [1.54, 1.807) is 4.68 Å². The minimum Gasteiger partial charge on any atom is -0.478 e. The van der Waals surface area contributed by atoms with E-state index >= 15 is 0 Å². The number of hydrogen-bond donors (Lipinski definition) is 0. The van der Waals surface area contributed by atoms with Gasteiger partial charge in [0.25, 0.3) is 0 Å². The molecule has 0 saturated carbocycles. The lowest BCUT2D eigenvalue weighted by atomic mass is 10.2. The molecule has 1 saturated heterocycles. The van der Waals surface area contributed by atoms with Gasteiger partial charge in [-0.25, -0.2) is 4.68 Å². The number of aryl methyl sites for hydroxylation is 2. The van der Waals surface area contributed by atoms with Crippen LogP contribution in [0.2, 0.25) is 0 Å². The van der Waals surface area contributed by atoms with Gasteiger partial charge in [-0.15, -0.1) is 11.3 Å². The number of fused-ring (bicyclic) bond motifs is 1. The van der Waals surface area contributed by atoms with E-state index in [-0.39, 0.29) is 0 Å². The van der Waals surface area contributed by atoms with Crippen LogP contribution >= 0.6 is 11.3 Å². The zero-order chi connectivity index (χ0) is 17.9. The normalized spacial score (nSPS) is 15.7. The number of rotatable bonds is 6. The maximum absolute atomic E-state index is 5.84. The molecular weight excluding hydrogens is 344 g/mol. The number of thiophene rings is 1. The van der Waals surface area contributed by atoms with Gasteiger partial charge in [0.1, 0.15) is 0 Å². The smallest absolute Gasteiger partial charge is 0.211 e. The lowest BCUT2D eigenvalue weighted by molar-refractivity contribution is 0.218. The summed E-state index contributed by atoms with van der Waals surface area (Å²) < 4.78 is 9.03. The van der Waals surface area contributed by atoms with Crippen molar-refractivity contribution in [2.75, 3.05) is 44.2 Å². The van der Waals surface area contributed by atoms with Gasteiger partial charge in [-0.2, -0.15) is 5.10 Å². The van der Waals surface area contributed by atoms with Crippen molar-refractivity contribution in [1.82, 2.24) is 14.7 Å². The molecule has 0 N–H and O–H groups in total. The minimum atomic E-state index is 0.743. The Morgan fingerprint density at radius 1 is 1.15 bits per heavy atom. The van der Waals surface area contributed by atoms with Gasteiger partial charge in [0.15, 0.2) is 0 Å². The van der Waals surface area contributed by atoms with E-state index < -0.39 is 0 Å². The van der Waals surface area contributed by atoms with E-state index in [1.165, 1.54) is 15.8 Å². The van der Waals surface area contributed by atoms with E-state index in [0.29, 0.717) is 0 Å². The summed E-state index contributed by atoms with van der Waals surface area (Å²) in [6.45, 7) is 8.24. The maximum atomic E-state index is 5.84. The number of aromatic nitrogens is 2. The number of nitrogens with zero attached hydrogens (tertiary/aromatic N) is 4. The van der Waals surface area contributed by atoms with E-state index in [4.69, 9.17) is 4.74 Å². The maximum Gasteiger partial charge on any atom is 0.211 e. The molecule has 4 rings (SSSR count). The van der Waals surface area contributed by atoms with Crippen molar-refractivity contribution in [1.29, 1.82) is 0 Å². The van der Waals surface area contributed by atoms with E-state index in [9.17, 15) is 0 Å². The van der Waals surface area contributed by atoms with Gasteiger partial charge >= 0.3 is 0 Å². The first kappa shape index (κ1) is 17.4. The van der Waals surface area contributed by atoms with Crippen molar-refractivity contribution < 1.29 is 4.74 Å². The number of hydrogen-bond acceptors (Lipinski definition) is 5. The van der Waals surface area contributed by atoms with Gasteiger partial charge in [-0.05, 0) is 36.9 Å². The summed E-state index contributed by atoms with van der Waals surface area (Å²) in [7, 11) is 1.93. The highest BCUT2D eigenvalue weighted by atomic mass is 32.1. The second-order valence-corrected chi connectivity index (χ2v) is 7.84. The quantitative estimate of drug-likeness (QED) is 0.622. The van der Waals surface area contributed by atoms with Crippen LogP contribution in [0.25, 0.3) is 10.1 Å². The van der Waals surface area contributed by atoms with Gasteiger partial charge in [0.2, 0.25) is 5.88 Å². The number of anilines is 1. The van der Waals surface area contributed by atoms with Crippen molar-refractivity contribution in [3.63, 3.8) is 0 Å². The molecule has 0 unspecified atom stereocenters. The van der Waals surface area contributed by atoms with E-state index in [1.807, 2.05) is 31.4 Å². The second kappa shape index (κ2) is 7.68. The third-order valence-electron chi connectivity index (χ3n) is 5.01. The first-order valence-corrected chi connectivity index (χ1v) is 10.2. The summed E-state index contributed by atoms with van der Waals surface area (Å²) in [6, 6.07) is 10.9. The summed E-state index contributed by atoms with van der Waals surface area (Å²) in [4.78, 5) is 5.07. The molecule has 0 aliphatic carbocycles. The van der Waals surface area contributed by atoms with Crippen molar-refractivity contribution in [3.8, 4) is 5.88 Å². The van der Waals surface area contributed by atoms with Crippen LogP contribution < -0.4 is 9.64 Å². The Morgan fingerprint density at radius 3 is 2.77 bits per heavy atom. The van der Waals surface area contributed by atoms with Gasteiger partial charge in [-0.3, -0.25) is 4.90 Å². The fraction of sp³-hybridized carbons (Fsp3) is 0.450. The molecule has 1 aliphatic rings. The Balaban J connectivity index is 1.24. The molecular formula is C20H26N4OS. The van der Waals surface area contributed by atoms with Crippen LogP contribution in [0.15, 0.2) is 35.7 Å². The Hall–Kier alpha value is -2.05. The topological polar surface area (TPSA) is 33.5 Å². The summed E-state index contributed by atoms with van der Waals surface area (Å²) in [5.74, 6) is 0.858. The molecule has 0 atom stereocenters. The van der Waals surface area contributed by atoms with Gasteiger partial charge < -0.3 is 9.64 Å². The predicted octanol–water partition coefficient (Wildman–Crippen LogP) is 3.53. The molecule has 0 radical (unpaired) electrons. The first-order valence-electron chi connectivity index (χ1n) is 9.28. The van der Waals surface area contributed by atoms with Gasteiger partial charge in [-0.1, -0.05) is 6.07 Å². The molecule has 1 fully saturated rings. The zero-order valence-corrected chi connectivity index (χ0v) is 16.3. The molecule has 26 heavy (non-hydrogen) atoms. The minimum absolute atomic E-state index is 0.743. The Kier molecular flexibility index (Phi) is 5.13.